The Labute approximate surface area is 161 Å². The maximum atomic E-state index is 11.9. The number of carbonyl (C=O) groups is 1. The Kier molecular flexibility index (Phi) is 6.26. The Bertz CT molecular complexity index is 863. The van der Waals surface area contributed by atoms with Gasteiger partial charge in [0.2, 0.25) is 0 Å². The van der Waals surface area contributed by atoms with Crippen molar-refractivity contribution < 1.29 is 9.53 Å². The second-order valence-electron chi connectivity index (χ2n) is 5.74. The average molecular weight is 387 g/mol. The molecule has 1 aromatic heterocycles. The molecule has 1 heterocycles. The Morgan fingerprint density at radius 3 is 2.62 bits per heavy atom. The molecule has 0 radical (unpaired) electrons. The zero-order chi connectivity index (χ0) is 18.4. The number of thiazole rings is 1. The lowest BCUT2D eigenvalue weighted by Gasteiger charge is -2.07. The molecule has 0 fully saturated rings. The molecule has 3 aromatic rings. The highest BCUT2D eigenvalue weighted by atomic mass is 35.5. The van der Waals surface area contributed by atoms with Gasteiger partial charge in [-0.05, 0) is 31.2 Å². The van der Waals surface area contributed by atoms with Gasteiger partial charge in [-0.15, -0.1) is 11.3 Å². The van der Waals surface area contributed by atoms with Gasteiger partial charge in [-0.1, -0.05) is 41.9 Å². The minimum absolute atomic E-state index is 0.0156. The van der Waals surface area contributed by atoms with Gasteiger partial charge in [0.1, 0.15) is 10.8 Å². The first-order chi connectivity index (χ1) is 12.6. The summed E-state index contributed by atoms with van der Waals surface area (Å²) in [7, 11) is 0. The molecule has 0 bridgehead atoms. The van der Waals surface area contributed by atoms with Gasteiger partial charge in [0.25, 0.3) is 5.91 Å². The number of nitrogens with one attached hydrogen (secondary N) is 1. The Balaban J connectivity index is 1.49. The van der Waals surface area contributed by atoms with Gasteiger partial charge < -0.3 is 10.1 Å². The number of aromatic nitrogens is 1. The van der Waals surface area contributed by atoms with Crippen molar-refractivity contribution in [1.82, 2.24) is 10.3 Å². The second kappa shape index (κ2) is 8.83. The van der Waals surface area contributed by atoms with Crippen molar-refractivity contribution in [2.24, 2.45) is 0 Å². The summed E-state index contributed by atoms with van der Waals surface area (Å²) in [5, 5.41) is 4.56. The molecular formula is C20H19ClN2O2S. The van der Waals surface area contributed by atoms with E-state index in [0.29, 0.717) is 17.3 Å². The smallest absolute Gasteiger partial charge is 0.257 e. The molecule has 0 aliphatic heterocycles. The Hall–Kier alpha value is -2.37. The fourth-order valence-corrected chi connectivity index (χ4v) is 3.60. The highest BCUT2D eigenvalue weighted by Crippen LogP contribution is 2.28. The van der Waals surface area contributed by atoms with Crippen LogP contribution in [0, 0.1) is 6.92 Å². The van der Waals surface area contributed by atoms with Crippen LogP contribution in [0.4, 0.5) is 0 Å². The van der Waals surface area contributed by atoms with E-state index in [0.717, 1.165) is 22.7 Å². The standard InChI is InChI=1S/C20H19ClN2O2S/c1-14-18(26-20(23-14)15-7-9-16(21)10-8-15)11-12-22-19(24)13-25-17-5-3-2-4-6-17/h2-10H,11-13H2,1H3,(H,22,24). The van der Waals surface area contributed by atoms with Crippen LogP contribution in [0.3, 0.4) is 0 Å². The summed E-state index contributed by atoms with van der Waals surface area (Å²) < 4.78 is 5.43. The molecule has 6 heteroatoms. The quantitative estimate of drug-likeness (QED) is 0.650. The summed E-state index contributed by atoms with van der Waals surface area (Å²) in [6.45, 7) is 2.56. The lowest BCUT2D eigenvalue weighted by molar-refractivity contribution is -0.123. The molecule has 3 rings (SSSR count). The third-order valence-corrected chi connectivity index (χ3v) is 5.29. The molecule has 2 aromatic carbocycles. The third-order valence-electron chi connectivity index (χ3n) is 3.77. The predicted molar refractivity (Wildman–Crippen MR) is 106 cm³/mol. The van der Waals surface area contributed by atoms with Gasteiger partial charge in [0, 0.05) is 28.4 Å². The first-order valence-electron chi connectivity index (χ1n) is 8.28. The summed E-state index contributed by atoms with van der Waals surface area (Å²) in [6.07, 6.45) is 0.744. The topological polar surface area (TPSA) is 51.2 Å². The maximum absolute atomic E-state index is 11.9. The Morgan fingerprint density at radius 1 is 1.15 bits per heavy atom. The molecule has 0 saturated heterocycles. The van der Waals surface area contributed by atoms with Crippen molar-refractivity contribution in [3.05, 3.63) is 70.2 Å². The molecule has 0 saturated carbocycles. The monoisotopic (exact) mass is 386 g/mol. The van der Waals surface area contributed by atoms with E-state index in [4.69, 9.17) is 16.3 Å². The number of hydrogen-bond donors (Lipinski definition) is 1. The van der Waals surface area contributed by atoms with Crippen molar-refractivity contribution in [3.8, 4) is 16.3 Å². The molecule has 0 aliphatic carbocycles. The van der Waals surface area contributed by atoms with Crippen LogP contribution in [0.2, 0.25) is 5.02 Å². The summed E-state index contributed by atoms with van der Waals surface area (Å²) in [4.78, 5) is 17.7. The zero-order valence-corrected chi connectivity index (χ0v) is 15.9. The average Bonchev–Trinajstić information content (AvgIpc) is 3.02. The van der Waals surface area contributed by atoms with Crippen molar-refractivity contribution in [2.75, 3.05) is 13.2 Å². The number of carbonyl (C=O) groups excluding carboxylic acids is 1. The second-order valence-corrected chi connectivity index (χ2v) is 7.26. The molecule has 0 aliphatic rings. The number of ether oxygens (including phenoxy) is 1. The van der Waals surface area contributed by atoms with Crippen molar-refractivity contribution in [3.63, 3.8) is 0 Å². The minimum atomic E-state index is -0.131. The van der Waals surface area contributed by atoms with E-state index in [1.54, 1.807) is 11.3 Å². The normalized spacial score (nSPS) is 10.5. The van der Waals surface area contributed by atoms with Crippen LogP contribution in [-0.4, -0.2) is 24.0 Å². The van der Waals surface area contributed by atoms with Crippen molar-refractivity contribution >= 4 is 28.8 Å². The molecule has 26 heavy (non-hydrogen) atoms. The number of nitrogens with zero attached hydrogens (tertiary/aromatic N) is 1. The molecule has 1 N–H and O–H groups in total. The molecule has 4 nitrogen and oxygen atoms in total. The van der Waals surface area contributed by atoms with Crippen LogP contribution in [0.5, 0.6) is 5.75 Å². The van der Waals surface area contributed by atoms with Gasteiger partial charge in [-0.25, -0.2) is 4.98 Å². The van der Waals surface area contributed by atoms with Crippen LogP contribution in [-0.2, 0) is 11.2 Å². The van der Waals surface area contributed by atoms with Gasteiger partial charge >= 0.3 is 0 Å². The van der Waals surface area contributed by atoms with Crippen LogP contribution in [0.15, 0.2) is 54.6 Å². The molecule has 0 unspecified atom stereocenters. The largest absolute Gasteiger partial charge is 0.484 e. The number of para-hydroxylation sites is 1. The van der Waals surface area contributed by atoms with E-state index in [1.807, 2.05) is 61.5 Å². The van der Waals surface area contributed by atoms with Gasteiger partial charge in [-0.3, -0.25) is 4.79 Å². The first-order valence-corrected chi connectivity index (χ1v) is 9.48. The zero-order valence-electron chi connectivity index (χ0n) is 14.4. The van der Waals surface area contributed by atoms with Crippen LogP contribution in [0.1, 0.15) is 10.6 Å². The third kappa shape index (κ3) is 5.07. The van der Waals surface area contributed by atoms with Crippen molar-refractivity contribution in [2.45, 2.75) is 13.3 Å². The van der Waals surface area contributed by atoms with Gasteiger partial charge in [-0.2, -0.15) is 0 Å². The van der Waals surface area contributed by atoms with Gasteiger partial charge in [0.05, 0.1) is 5.69 Å². The van der Waals surface area contributed by atoms with E-state index in [2.05, 4.69) is 10.3 Å². The SMILES string of the molecule is Cc1nc(-c2ccc(Cl)cc2)sc1CCNC(=O)COc1ccccc1. The number of amides is 1. The first kappa shape index (κ1) is 18.4. The van der Waals surface area contributed by atoms with E-state index >= 15 is 0 Å². The minimum Gasteiger partial charge on any atom is -0.484 e. The van der Waals surface area contributed by atoms with Gasteiger partial charge in [0.15, 0.2) is 6.61 Å². The number of benzene rings is 2. The molecule has 134 valence electrons. The molecular weight excluding hydrogens is 368 g/mol. The Morgan fingerprint density at radius 2 is 1.88 bits per heavy atom. The summed E-state index contributed by atoms with van der Waals surface area (Å²) in [5.74, 6) is 0.558. The maximum Gasteiger partial charge on any atom is 0.257 e. The highest BCUT2D eigenvalue weighted by molar-refractivity contribution is 7.15. The molecule has 0 atom stereocenters. The fraction of sp³-hybridized carbons (Fsp3) is 0.200. The number of halogens is 1. The van der Waals surface area contributed by atoms with Crippen molar-refractivity contribution in [1.29, 1.82) is 0 Å². The highest BCUT2D eigenvalue weighted by Gasteiger charge is 2.10. The predicted octanol–water partition coefficient (Wildman–Crippen LogP) is 4.51. The number of aryl methyl sites for hydroxylation is 1. The summed E-state index contributed by atoms with van der Waals surface area (Å²) >= 11 is 7.57. The summed E-state index contributed by atoms with van der Waals surface area (Å²) in [6, 6.07) is 17.0. The van der Waals surface area contributed by atoms with E-state index in [9.17, 15) is 4.79 Å². The van der Waals surface area contributed by atoms with Crippen LogP contribution >= 0.6 is 22.9 Å². The van der Waals surface area contributed by atoms with E-state index in [1.165, 1.54) is 4.88 Å². The lowest BCUT2D eigenvalue weighted by atomic mass is 10.2. The number of rotatable bonds is 7. The van der Waals surface area contributed by atoms with E-state index < -0.39 is 0 Å². The molecule has 1 amide bonds. The summed E-state index contributed by atoms with van der Waals surface area (Å²) in [5.41, 5.74) is 2.05. The lowest BCUT2D eigenvalue weighted by Crippen LogP contribution is -2.30. The van der Waals surface area contributed by atoms with E-state index in [-0.39, 0.29) is 12.5 Å². The van der Waals surface area contributed by atoms with Crippen LogP contribution in [0.25, 0.3) is 10.6 Å². The molecule has 0 spiro atoms. The number of hydrogen-bond acceptors (Lipinski definition) is 4. The fourth-order valence-electron chi connectivity index (χ4n) is 2.41. The van der Waals surface area contributed by atoms with Crippen LogP contribution < -0.4 is 10.1 Å².